The molecule has 0 bridgehead atoms. The van der Waals surface area contributed by atoms with Crippen molar-refractivity contribution in [2.75, 3.05) is 43.4 Å². The van der Waals surface area contributed by atoms with Gasteiger partial charge in [-0.1, -0.05) is 31.0 Å². The van der Waals surface area contributed by atoms with Crippen LogP contribution in [0.5, 0.6) is 0 Å². The quantitative estimate of drug-likeness (QED) is 0.414. The Bertz CT molecular complexity index is 1360. The topological polar surface area (TPSA) is 79.2 Å². The molecule has 1 unspecified atom stereocenters. The number of hydrogen-bond donors (Lipinski definition) is 1. The number of anilines is 3. The zero-order chi connectivity index (χ0) is 24.5. The van der Waals surface area contributed by atoms with Crippen molar-refractivity contribution < 1.29 is 4.21 Å². The van der Waals surface area contributed by atoms with E-state index < -0.39 is 10.8 Å². The second-order valence-corrected chi connectivity index (χ2v) is 11.0. The Morgan fingerprint density at radius 1 is 0.917 bits per heavy atom. The van der Waals surface area contributed by atoms with E-state index in [0.29, 0.717) is 16.6 Å². The summed E-state index contributed by atoms with van der Waals surface area (Å²) < 4.78 is 15.6. The molecule has 1 aliphatic heterocycles. The highest BCUT2D eigenvalue weighted by Gasteiger charge is 2.27. The van der Waals surface area contributed by atoms with E-state index in [2.05, 4.69) is 56.0 Å². The number of aromatic nitrogens is 4. The van der Waals surface area contributed by atoms with Gasteiger partial charge in [0.2, 0.25) is 11.1 Å². The number of likely N-dealkylation sites (N-methyl/N-ethyl adjacent to an activating group) is 1. The molecule has 8 nitrogen and oxygen atoms in total. The second kappa shape index (κ2) is 9.99. The van der Waals surface area contributed by atoms with Crippen LogP contribution in [0.3, 0.4) is 0 Å². The largest absolute Gasteiger partial charge is 0.369 e. The van der Waals surface area contributed by atoms with Gasteiger partial charge in [0.05, 0.1) is 6.20 Å². The molecule has 186 valence electrons. The Balaban J connectivity index is 1.29. The molecule has 1 N–H and O–H groups in total. The minimum absolute atomic E-state index is 0.253. The molecule has 1 aliphatic carbocycles. The molecule has 36 heavy (non-hydrogen) atoms. The van der Waals surface area contributed by atoms with Crippen LogP contribution in [0.4, 0.5) is 17.3 Å². The molecule has 3 heterocycles. The molecule has 1 atom stereocenters. The Labute approximate surface area is 213 Å². The fraction of sp³-hybridized carbons (Fsp3) is 0.370. The molecule has 0 amide bonds. The first kappa shape index (κ1) is 23.1. The summed E-state index contributed by atoms with van der Waals surface area (Å²) in [4.78, 5) is 19.7. The number of hydrogen-bond acceptors (Lipinski definition) is 7. The van der Waals surface area contributed by atoms with Gasteiger partial charge in [-0.05, 0) is 56.3 Å². The number of nitrogens with zero attached hydrogens (tertiary/aromatic N) is 6. The summed E-state index contributed by atoms with van der Waals surface area (Å²) in [6, 6.07) is 18.2. The van der Waals surface area contributed by atoms with Gasteiger partial charge in [-0.25, -0.2) is 14.2 Å². The molecule has 2 aromatic heterocycles. The van der Waals surface area contributed by atoms with Crippen LogP contribution in [-0.2, 0) is 10.8 Å². The summed E-state index contributed by atoms with van der Waals surface area (Å²) in [5.74, 6) is 0.519. The van der Waals surface area contributed by atoms with Gasteiger partial charge in [0.25, 0.3) is 0 Å². The molecule has 2 fully saturated rings. The third kappa shape index (κ3) is 4.60. The summed E-state index contributed by atoms with van der Waals surface area (Å²) >= 11 is 0. The van der Waals surface area contributed by atoms with Crippen molar-refractivity contribution in [3.05, 3.63) is 60.8 Å². The lowest BCUT2D eigenvalue weighted by molar-refractivity contribution is 0.313. The van der Waals surface area contributed by atoms with Gasteiger partial charge in [0.1, 0.15) is 16.3 Å². The predicted molar refractivity (Wildman–Crippen MR) is 143 cm³/mol. The number of piperazine rings is 1. The fourth-order valence-corrected chi connectivity index (χ4v) is 6.36. The first-order valence-electron chi connectivity index (χ1n) is 12.7. The Kier molecular flexibility index (Phi) is 6.41. The molecule has 6 rings (SSSR count). The predicted octanol–water partition coefficient (Wildman–Crippen LogP) is 4.60. The number of imidazole rings is 1. The van der Waals surface area contributed by atoms with Crippen LogP contribution in [0.2, 0.25) is 0 Å². The zero-order valence-corrected chi connectivity index (χ0v) is 21.3. The molecule has 0 spiro atoms. The molecular weight excluding hydrogens is 470 g/mol. The first-order chi connectivity index (χ1) is 17.7. The van der Waals surface area contributed by atoms with Gasteiger partial charge in [-0.2, -0.15) is 4.98 Å². The van der Waals surface area contributed by atoms with E-state index >= 15 is 0 Å². The highest BCUT2D eigenvalue weighted by Crippen LogP contribution is 2.35. The van der Waals surface area contributed by atoms with E-state index in [-0.39, 0.29) is 6.04 Å². The SMILES string of the molecule is CN1CCN(c2ccc(Nc3ncc4nc(S(=O)c5ccccc5)n(C5CCCC5)c4n3)cc2)CC1. The minimum Gasteiger partial charge on any atom is -0.369 e. The number of fused-ring (bicyclic) bond motifs is 1. The van der Waals surface area contributed by atoms with Crippen molar-refractivity contribution in [1.29, 1.82) is 0 Å². The third-order valence-electron chi connectivity index (χ3n) is 7.21. The molecular formula is C27H31N7OS. The highest BCUT2D eigenvalue weighted by atomic mass is 32.2. The summed E-state index contributed by atoms with van der Waals surface area (Å²) in [6.45, 7) is 4.25. The third-order valence-corrected chi connectivity index (χ3v) is 8.53. The Morgan fingerprint density at radius 2 is 1.64 bits per heavy atom. The highest BCUT2D eigenvalue weighted by molar-refractivity contribution is 7.85. The summed E-state index contributed by atoms with van der Waals surface area (Å²) in [6.07, 6.45) is 6.16. The van der Waals surface area contributed by atoms with Gasteiger partial charge in [-0.3, -0.25) is 4.57 Å². The van der Waals surface area contributed by atoms with E-state index in [1.165, 1.54) is 5.69 Å². The maximum absolute atomic E-state index is 13.5. The van der Waals surface area contributed by atoms with E-state index in [4.69, 9.17) is 9.97 Å². The molecule has 9 heteroatoms. The molecule has 4 aromatic rings. The van der Waals surface area contributed by atoms with Gasteiger partial charge in [0, 0.05) is 48.5 Å². The average molecular weight is 502 g/mol. The molecule has 1 saturated heterocycles. The normalized spacial score (nSPS) is 18.1. The first-order valence-corrected chi connectivity index (χ1v) is 13.8. The van der Waals surface area contributed by atoms with Crippen LogP contribution in [-0.4, -0.2) is 61.9 Å². The van der Waals surface area contributed by atoms with Crippen LogP contribution in [0.1, 0.15) is 31.7 Å². The lowest BCUT2D eigenvalue weighted by Crippen LogP contribution is -2.44. The molecule has 1 saturated carbocycles. The van der Waals surface area contributed by atoms with E-state index in [9.17, 15) is 4.21 Å². The van der Waals surface area contributed by atoms with Crippen molar-refractivity contribution in [1.82, 2.24) is 24.4 Å². The average Bonchev–Trinajstić information content (AvgIpc) is 3.57. The van der Waals surface area contributed by atoms with Crippen LogP contribution < -0.4 is 10.2 Å². The van der Waals surface area contributed by atoms with Gasteiger partial charge >= 0.3 is 0 Å². The summed E-state index contributed by atoms with van der Waals surface area (Å²) in [5, 5.41) is 3.92. The molecule has 0 radical (unpaired) electrons. The summed E-state index contributed by atoms with van der Waals surface area (Å²) in [5.41, 5.74) is 3.59. The maximum Gasteiger partial charge on any atom is 0.229 e. The number of benzene rings is 2. The Morgan fingerprint density at radius 3 is 2.36 bits per heavy atom. The van der Waals surface area contributed by atoms with Crippen molar-refractivity contribution in [3.8, 4) is 0 Å². The maximum atomic E-state index is 13.5. The van der Waals surface area contributed by atoms with Crippen LogP contribution in [0.25, 0.3) is 11.2 Å². The second-order valence-electron chi connectivity index (χ2n) is 9.65. The lowest BCUT2D eigenvalue weighted by Gasteiger charge is -2.34. The number of nitrogens with one attached hydrogen (secondary N) is 1. The van der Waals surface area contributed by atoms with E-state index in [1.807, 2.05) is 30.3 Å². The van der Waals surface area contributed by atoms with Crippen LogP contribution in [0, 0.1) is 0 Å². The van der Waals surface area contributed by atoms with Crippen molar-refractivity contribution >= 4 is 39.3 Å². The standard InChI is InChI=1S/C27H31N7OS/c1-32-15-17-33(18-16-32)21-13-11-20(12-14-21)29-26-28-19-24-25(31-26)34(22-7-5-6-8-22)27(30-24)36(35)23-9-3-2-4-10-23/h2-4,9-14,19,22H,5-8,15-18H2,1H3,(H,28,29,31). The van der Waals surface area contributed by atoms with E-state index in [0.717, 1.165) is 68.1 Å². The Hall–Kier alpha value is -3.30. The molecule has 2 aromatic carbocycles. The van der Waals surface area contributed by atoms with Crippen molar-refractivity contribution in [2.45, 2.75) is 41.8 Å². The van der Waals surface area contributed by atoms with Gasteiger partial charge < -0.3 is 15.1 Å². The van der Waals surface area contributed by atoms with E-state index in [1.54, 1.807) is 6.20 Å². The smallest absolute Gasteiger partial charge is 0.229 e. The summed E-state index contributed by atoms with van der Waals surface area (Å²) in [7, 11) is 0.786. The van der Waals surface area contributed by atoms with Gasteiger partial charge in [-0.15, -0.1) is 0 Å². The molecule has 2 aliphatic rings. The zero-order valence-electron chi connectivity index (χ0n) is 20.5. The van der Waals surface area contributed by atoms with Crippen LogP contribution >= 0.6 is 0 Å². The number of rotatable bonds is 6. The van der Waals surface area contributed by atoms with Gasteiger partial charge in [0.15, 0.2) is 5.65 Å². The van der Waals surface area contributed by atoms with Crippen LogP contribution in [0.15, 0.2) is 70.8 Å². The minimum atomic E-state index is -1.38. The fourth-order valence-electron chi connectivity index (χ4n) is 5.15. The lowest BCUT2D eigenvalue weighted by atomic mass is 10.2. The van der Waals surface area contributed by atoms with Crippen molar-refractivity contribution in [3.63, 3.8) is 0 Å². The van der Waals surface area contributed by atoms with Crippen molar-refractivity contribution in [2.24, 2.45) is 0 Å². The monoisotopic (exact) mass is 501 g/mol.